The Morgan fingerprint density at radius 1 is 1.21 bits per heavy atom. The highest BCUT2D eigenvalue weighted by molar-refractivity contribution is 9.11. The molecule has 0 saturated carbocycles. The van der Waals surface area contributed by atoms with Crippen molar-refractivity contribution in [3.05, 3.63) is 47.0 Å². The number of nitrogens with one attached hydrogen (secondary N) is 1. The Hall–Kier alpha value is -2.62. The lowest BCUT2D eigenvalue weighted by Crippen LogP contribution is -2.43. The van der Waals surface area contributed by atoms with Crippen molar-refractivity contribution in [2.45, 2.75) is 51.4 Å². The van der Waals surface area contributed by atoms with E-state index < -0.39 is 0 Å². The molecule has 1 saturated heterocycles. The normalized spacial score (nSPS) is 23.4. The molecule has 2 aliphatic rings. The molecule has 0 radical (unpaired) electrons. The molecular weight excluding hydrogens is 487 g/mol. The third-order valence-corrected chi connectivity index (χ3v) is 6.81. The van der Waals surface area contributed by atoms with Gasteiger partial charge in [0.15, 0.2) is 5.82 Å². The quantitative estimate of drug-likeness (QED) is 0.526. The summed E-state index contributed by atoms with van der Waals surface area (Å²) in [6.45, 7) is 4.86. The lowest BCUT2D eigenvalue weighted by molar-refractivity contribution is -0.0414. The van der Waals surface area contributed by atoms with Gasteiger partial charge in [0.05, 0.1) is 23.9 Å². The van der Waals surface area contributed by atoms with E-state index in [4.69, 9.17) is 15.5 Å². The van der Waals surface area contributed by atoms with Crippen LogP contribution in [0.2, 0.25) is 0 Å². The third-order valence-electron chi connectivity index (χ3n) is 6.12. The highest BCUT2D eigenvalue weighted by Crippen LogP contribution is 2.36. The molecule has 2 atom stereocenters. The molecular formula is C24H26BrFN6O. The van der Waals surface area contributed by atoms with Crippen LogP contribution in [0.4, 0.5) is 10.2 Å². The van der Waals surface area contributed by atoms with Gasteiger partial charge < -0.3 is 15.8 Å². The first-order valence-corrected chi connectivity index (χ1v) is 11.9. The molecule has 2 aliphatic heterocycles. The Bertz CT molecular complexity index is 1260. The molecule has 0 aliphatic carbocycles. The molecule has 0 bridgehead atoms. The van der Waals surface area contributed by atoms with E-state index in [1.807, 2.05) is 6.07 Å². The Balaban J connectivity index is 1.48. The van der Waals surface area contributed by atoms with Gasteiger partial charge in [0, 0.05) is 51.9 Å². The van der Waals surface area contributed by atoms with E-state index in [0.29, 0.717) is 30.6 Å². The zero-order valence-electron chi connectivity index (χ0n) is 18.6. The largest absolute Gasteiger partial charge is 0.383 e. The molecule has 4 heterocycles. The van der Waals surface area contributed by atoms with Crippen LogP contribution in [-0.2, 0) is 4.74 Å². The molecule has 1 aromatic carbocycles. The second-order valence-electron chi connectivity index (χ2n) is 8.81. The van der Waals surface area contributed by atoms with Crippen LogP contribution in [0, 0.1) is 5.82 Å². The predicted octanol–water partition coefficient (Wildman–Crippen LogP) is 4.74. The number of hydrogen-bond donors (Lipinski definition) is 2. The first kappa shape index (κ1) is 22.2. The van der Waals surface area contributed by atoms with Crippen LogP contribution in [0.25, 0.3) is 27.9 Å². The molecule has 3 N–H and O–H groups in total. The van der Waals surface area contributed by atoms with Crippen molar-refractivity contribution in [2.75, 3.05) is 6.54 Å². The number of allylic oxidation sites excluding steroid dienone is 1. The zero-order chi connectivity index (χ0) is 23.1. The molecule has 0 amide bonds. The number of fused-ring (bicyclic) bond motifs is 2. The van der Waals surface area contributed by atoms with Gasteiger partial charge in [-0.1, -0.05) is 15.9 Å². The summed E-state index contributed by atoms with van der Waals surface area (Å²) >= 11 is 3.62. The monoisotopic (exact) mass is 512 g/mol. The van der Waals surface area contributed by atoms with Gasteiger partial charge in [-0.05, 0) is 51.0 Å². The number of halogens is 2. The van der Waals surface area contributed by atoms with Gasteiger partial charge in [0.25, 0.3) is 0 Å². The topological polar surface area (TPSA) is 90.4 Å². The van der Waals surface area contributed by atoms with E-state index in [1.54, 1.807) is 23.1 Å². The Kier molecular flexibility index (Phi) is 6.03. The highest BCUT2D eigenvalue weighted by Gasteiger charge is 2.25. The van der Waals surface area contributed by atoms with Crippen LogP contribution in [0.1, 0.15) is 33.1 Å². The summed E-state index contributed by atoms with van der Waals surface area (Å²) in [5, 5.41) is 8.86. The van der Waals surface area contributed by atoms with E-state index in [9.17, 15) is 4.39 Å². The van der Waals surface area contributed by atoms with Gasteiger partial charge >= 0.3 is 0 Å². The van der Waals surface area contributed by atoms with E-state index in [1.165, 1.54) is 12.1 Å². The predicted molar refractivity (Wildman–Crippen MR) is 132 cm³/mol. The van der Waals surface area contributed by atoms with Crippen molar-refractivity contribution >= 4 is 44.2 Å². The number of aromatic nitrogens is 3. The Labute approximate surface area is 200 Å². The van der Waals surface area contributed by atoms with E-state index >= 15 is 0 Å². The second-order valence-corrected chi connectivity index (χ2v) is 9.76. The van der Waals surface area contributed by atoms with Gasteiger partial charge in [-0.15, -0.1) is 0 Å². The van der Waals surface area contributed by atoms with E-state index in [0.717, 1.165) is 45.1 Å². The van der Waals surface area contributed by atoms with Crippen molar-refractivity contribution in [1.82, 2.24) is 20.1 Å². The van der Waals surface area contributed by atoms with Crippen LogP contribution in [0.3, 0.4) is 0 Å². The van der Waals surface area contributed by atoms with Gasteiger partial charge in [-0.25, -0.2) is 9.38 Å². The molecule has 9 heteroatoms. The number of nitrogens with zero attached hydrogens (tertiary/aromatic N) is 4. The zero-order valence-corrected chi connectivity index (χ0v) is 20.1. The average Bonchev–Trinajstić information content (AvgIpc) is 3.14. The minimum atomic E-state index is -0.297. The Morgan fingerprint density at radius 2 is 2.00 bits per heavy atom. The molecule has 5 rings (SSSR count). The number of hydrogen-bond acceptors (Lipinski definition) is 6. The molecule has 3 aromatic rings. The maximum Gasteiger partial charge on any atom is 0.165 e. The number of ether oxygens (including phenoxy) is 1. The van der Waals surface area contributed by atoms with Crippen LogP contribution < -0.4 is 11.1 Å². The molecule has 172 valence electrons. The number of benzene rings is 1. The summed E-state index contributed by atoms with van der Waals surface area (Å²) in [5.41, 5.74) is 9.68. The van der Waals surface area contributed by atoms with Gasteiger partial charge in [0.1, 0.15) is 11.6 Å². The van der Waals surface area contributed by atoms with Gasteiger partial charge in [0.2, 0.25) is 0 Å². The summed E-state index contributed by atoms with van der Waals surface area (Å²) in [6, 6.07) is 6.84. The molecule has 33 heavy (non-hydrogen) atoms. The highest BCUT2D eigenvalue weighted by atomic mass is 79.9. The van der Waals surface area contributed by atoms with Crippen LogP contribution >= 0.6 is 15.9 Å². The van der Waals surface area contributed by atoms with Crippen molar-refractivity contribution in [2.24, 2.45) is 10.7 Å². The summed E-state index contributed by atoms with van der Waals surface area (Å²) in [4.78, 5) is 9.45. The van der Waals surface area contributed by atoms with Crippen molar-refractivity contribution in [3.8, 4) is 11.1 Å². The minimum Gasteiger partial charge on any atom is -0.383 e. The van der Waals surface area contributed by atoms with Crippen molar-refractivity contribution in [3.63, 3.8) is 0 Å². The maximum absolute atomic E-state index is 13.8. The van der Waals surface area contributed by atoms with Crippen LogP contribution in [-0.4, -0.2) is 45.3 Å². The maximum atomic E-state index is 13.8. The van der Waals surface area contributed by atoms with Crippen molar-refractivity contribution < 1.29 is 9.13 Å². The molecule has 1 fully saturated rings. The lowest BCUT2D eigenvalue weighted by atomic mass is 9.99. The molecule has 2 unspecified atom stereocenters. The first-order valence-electron chi connectivity index (χ1n) is 11.1. The fraction of sp³-hybridized carbons (Fsp3) is 0.375. The average molecular weight is 513 g/mol. The summed E-state index contributed by atoms with van der Waals surface area (Å²) in [5.74, 6) is 0.850. The SMILES string of the molecule is CC1CC(NCC2=Nc3c(-c4cnc5ccc(F)cc5c4)cnn3C(N)=C(Br)C2)CC(C)O1. The molecule has 7 nitrogen and oxygen atoms in total. The standard InChI is InChI=1S/C24H26BrFN6O/c1-13-5-18(6-14(2)33-13)28-11-19-9-21(25)23(27)32-24(31-19)20(12-30-32)16-7-15-8-17(26)3-4-22(15)29-10-16/h3-4,7-8,10,12-14,18,28H,5-6,9,11,27H2,1-2H3. The fourth-order valence-electron chi connectivity index (χ4n) is 4.59. The van der Waals surface area contributed by atoms with Crippen LogP contribution in [0.15, 0.2) is 46.1 Å². The minimum absolute atomic E-state index is 0.239. The first-order chi connectivity index (χ1) is 15.9. The molecule has 0 spiro atoms. The molecule has 2 aromatic heterocycles. The van der Waals surface area contributed by atoms with Gasteiger partial charge in [-0.3, -0.25) is 4.98 Å². The van der Waals surface area contributed by atoms with Crippen LogP contribution in [0.5, 0.6) is 0 Å². The fourth-order valence-corrected chi connectivity index (χ4v) is 5.08. The second kappa shape index (κ2) is 8.96. The smallest absolute Gasteiger partial charge is 0.165 e. The number of pyridine rings is 1. The summed E-state index contributed by atoms with van der Waals surface area (Å²) in [6.07, 6.45) is 6.50. The Morgan fingerprint density at radius 3 is 2.79 bits per heavy atom. The van der Waals surface area contributed by atoms with Crippen molar-refractivity contribution in [1.29, 1.82) is 0 Å². The van der Waals surface area contributed by atoms with E-state index in [-0.39, 0.29) is 18.0 Å². The van der Waals surface area contributed by atoms with Gasteiger partial charge in [-0.2, -0.15) is 9.78 Å². The third kappa shape index (κ3) is 4.58. The number of nitrogens with two attached hydrogens (primary N) is 1. The summed E-state index contributed by atoms with van der Waals surface area (Å²) in [7, 11) is 0. The van der Waals surface area contributed by atoms with E-state index in [2.05, 4.69) is 45.2 Å². The lowest BCUT2D eigenvalue weighted by Gasteiger charge is -2.32. The number of rotatable bonds is 4. The number of aliphatic imine (C=N–C) groups is 1. The summed E-state index contributed by atoms with van der Waals surface area (Å²) < 4.78 is 22.1.